The lowest BCUT2D eigenvalue weighted by Crippen LogP contribution is -2.45. The van der Waals surface area contributed by atoms with Gasteiger partial charge in [-0.05, 0) is 29.8 Å². The van der Waals surface area contributed by atoms with Crippen LogP contribution in [0.3, 0.4) is 0 Å². The monoisotopic (exact) mass is 371 g/mol. The van der Waals surface area contributed by atoms with Gasteiger partial charge in [0, 0.05) is 25.9 Å². The van der Waals surface area contributed by atoms with Crippen LogP contribution in [-0.4, -0.2) is 43.0 Å². The van der Waals surface area contributed by atoms with E-state index in [2.05, 4.69) is 15.2 Å². The highest BCUT2D eigenvalue weighted by Gasteiger charge is 2.39. The van der Waals surface area contributed by atoms with Crippen molar-refractivity contribution in [2.24, 2.45) is 0 Å². The number of aromatic nitrogens is 1. The van der Waals surface area contributed by atoms with Gasteiger partial charge < -0.3 is 19.7 Å². The van der Waals surface area contributed by atoms with E-state index in [-0.39, 0.29) is 18.1 Å². The summed E-state index contributed by atoms with van der Waals surface area (Å²) in [6.07, 6.45) is 3.40. The quantitative estimate of drug-likeness (QED) is 0.895. The minimum absolute atomic E-state index is 0.119. The van der Waals surface area contributed by atoms with Gasteiger partial charge >= 0.3 is 0 Å². The molecule has 142 valence electrons. The zero-order chi connectivity index (χ0) is 18.7. The Bertz CT molecular complexity index is 796. The molecule has 1 spiro atoms. The SMILES string of the molecule is O=C(Cc1cccc(F)c1)Nc1ccc(N2CCC3(CC2)OCCO3)nc1. The molecule has 1 aromatic carbocycles. The molecule has 0 aliphatic carbocycles. The van der Waals surface area contributed by atoms with Crippen molar-refractivity contribution >= 4 is 17.4 Å². The topological polar surface area (TPSA) is 63.7 Å². The summed E-state index contributed by atoms with van der Waals surface area (Å²) in [4.78, 5) is 18.8. The number of anilines is 2. The molecule has 1 N–H and O–H groups in total. The van der Waals surface area contributed by atoms with Gasteiger partial charge in [0.1, 0.15) is 11.6 Å². The van der Waals surface area contributed by atoms with Crippen molar-refractivity contribution in [1.29, 1.82) is 0 Å². The first-order chi connectivity index (χ1) is 13.1. The second-order valence-electron chi connectivity index (χ2n) is 6.85. The van der Waals surface area contributed by atoms with E-state index in [0.29, 0.717) is 24.5 Å². The molecule has 0 saturated carbocycles. The maximum absolute atomic E-state index is 13.2. The Hall–Kier alpha value is -2.51. The van der Waals surface area contributed by atoms with E-state index >= 15 is 0 Å². The first-order valence-electron chi connectivity index (χ1n) is 9.15. The number of amides is 1. The van der Waals surface area contributed by atoms with Crippen LogP contribution in [0.1, 0.15) is 18.4 Å². The second-order valence-corrected chi connectivity index (χ2v) is 6.85. The zero-order valence-corrected chi connectivity index (χ0v) is 15.0. The first kappa shape index (κ1) is 17.9. The van der Waals surface area contributed by atoms with E-state index in [1.54, 1.807) is 18.3 Å². The van der Waals surface area contributed by atoms with Crippen molar-refractivity contribution < 1.29 is 18.7 Å². The Morgan fingerprint density at radius 3 is 2.63 bits per heavy atom. The lowest BCUT2D eigenvalue weighted by molar-refractivity contribution is -0.169. The molecule has 7 heteroatoms. The third kappa shape index (κ3) is 4.26. The molecule has 0 radical (unpaired) electrons. The number of halogens is 1. The molecule has 0 unspecified atom stereocenters. The van der Waals surface area contributed by atoms with Gasteiger partial charge in [0.05, 0.1) is 31.5 Å². The molecule has 2 aromatic rings. The lowest BCUT2D eigenvalue weighted by atomic mass is 10.0. The fourth-order valence-corrected chi connectivity index (χ4v) is 3.55. The number of carbonyl (C=O) groups excluding carboxylic acids is 1. The molecule has 2 aliphatic heterocycles. The molecular formula is C20H22FN3O3. The first-order valence-corrected chi connectivity index (χ1v) is 9.15. The van der Waals surface area contributed by atoms with Crippen molar-refractivity contribution in [1.82, 2.24) is 4.98 Å². The van der Waals surface area contributed by atoms with Crippen LogP contribution < -0.4 is 10.2 Å². The summed E-state index contributed by atoms with van der Waals surface area (Å²) in [5, 5.41) is 2.80. The summed E-state index contributed by atoms with van der Waals surface area (Å²) < 4.78 is 24.7. The fraction of sp³-hybridized carbons (Fsp3) is 0.400. The van der Waals surface area contributed by atoms with Crippen molar-refractivity contribution in [2.45, 2.75) is 25.0 Å². The van der Waals surface area contributed by atoms with E-state index in [9.17, 15) is 9.18 Å². The van der Waals surface area contributed by atoms with Gasteiger partial charge in [-0.3, -0.25) is 4.79 Å². The molecule has 2 aliphatic rings. The third-order valence-corrected chi connectivity index (χ3v) is 4.95. The van der Waals surface area contributed by atoms with Gasteiger partial charge in [0.2, 0.25) is 5.91 Å². The summed E-state index contributed by atoms with van der Waals surface area (Å²) in [5.41, 5.74) is 1.26. The van der Waals surface area contributed by atoms with E-state index < -0.39 is 5.79 Å². The van der Waals surface area contributed by atoms with Crippen LogP contribution in [0, 0.1) is 5.82 Å². The summed E-state index contributed by atoms with van der Waals surface area (Å²) in [6, 6.07) is 9.77. The van der Waals surface area contributed by atoms with Crippen LogP contribution in [0.15, 0.2) is 42.6 Å². The molecule has 27 heavy (non-hydrogen) atoms. The number of hydrogen-bond donors (Lipinski definition) is 1. The van der Waals surface area contributed by atoms with Crippen molar-refractivity contribution in [3.05, 3.63) is 54.0 Å². The molecule has 2 saturated heterocycles. The number of hydrogen-bond acceptors (Lipinski definition) is 5. The van der Waals surface area contributed by atoms with Crippen LogP contribution in [0.25, 0.3) is 0 Å². The maximum atomic E-state index is 13.2. The second kappa shape index (κ2) is 7.62. The minimum Gasteiger partial charge on any atom is -0.356 e. The average molecular weight is 371 g/mol. The number of nitrogens with zero attached hydrogens (tertiary/aromatic N) is 2. The summed E-state index contributed by atoms with van der Waals surface area (Å²) in [5.74, 6) is -0.0824. The highest BCUT2D eigenvalue weighted by molar-refractivity contribution is 5.92. The Labute approximate surface area is 157 Å². The average Bonchev–Trinajstić information content (AvgIpc) is 3.11. The van der Waals surface area contributed by atoms with Crippen LogP contribution in [0.4, 0.5) is 15.9 Å². The van der Waals surface area contributed by atoms with Crippen molar-refractivity contribution in [3.63, 3.8) is 0 Å². The highest BCUT2D eigenvalue weighted by atomic mass is 19.1. The summed E-state index contributed by atoms with van der Waals surface area (Å²) in [7, 11) is 0. The zero-order valence-electron chi connectivity index (χ0n) is 15.0. The number of rotatable bonds is 4. The predicted molar refractivity (Wildman–Crippen MR) is 99.1 cm³/mol. The molecular weight excluding hydrogens is 349 g/mol. The van der Waals surface area contributed by atoms with E-state index in [1.165, 1.54) is 12.1 Å². The molecule has 2 fully saturated rings. The van der Waals surface area contributed by atoms with E-state index in [0.717, 1.165) is 31.7 Å². The van der Waals surface area contributed by atoms with E-state index in [4.69, 9.17) is 9.47 Å². The van der Waals surface area contributed by atoms with Gasteiger partial charge in [0.25, 0.3) is 0 Å². The number of nitrogens with one attached hydrogen (secondary N) is 1. The number of ether oxygens (including phenoxy) is 2. The number of carbonyl (C=O) groups is 1. The molecule has 3 heterocycles. The molecule has 1 amide bonds. The van der Waals surface area contributed by atoms with Gasteiger partial charge in [-0.15, -0.1) is 0 Å². The standard InChI is InChI=1S/C20H22FN3O3/c21-16-3-1-2-15(12-16)13-19(25)23-17-4-5-18(22-14-17)24-8-6-20(7-9-24)26-10-11-27-20/h1-5,12,14H,6-11,13H2,(H,23,25). The Kier molecular flexibility index (Phi) is 5.05. The van der Waals surface area contributed by atoms with Crippen LogP contribution in [0.5, 0.6) is 0 Å². The fourth-order valence-electron chi connectivity index (χ4n) is 3.55. The van der Waals surface area contributed by atoms with Crippen molar-refractivity contribution in [2.75, 3.05) is 36.5 Å². The lowest BCUT2D eigenvalue weighted by Gasteiger charge is -2.38. The number of piperidine rings is 1. The third-order valence-electron chi connectivity index (χ3n) is 4.95. The smallest absolute Gasteiger partial charge is 0.228 e. The molecule has 6 nitrogen and oxygen atoms in total. The molecule has 4 rings (SSSR count). The Balaban J connectivity index is 1.32. The minimum atomic E-state index is -0.401. The molecule has 1 aromatic heterocycles. The normalized spacial score (nSPS) is 18.6. The van der Waals surface area contributed by atoms with Crippen LogP contribution in [-0.2, 0) is 20.7 Å². The Morgan fingerprint density at radius 2 is 1.96 bits per heavy atom. The summed E-state index contributed by atoms with van der Waals surface area (Å²) in [6.45, 7) is 2.97. The van der Waals surface area contributed by atoms with Gasteiger partial charge in [-0.1, -0.05) is 12.1 Å². The van der Waals surface area contributed by atoms with Crippen LogP contribution in [0.2, 0.25) is 0 Å². The highest BCUT2D eigenvalue weighted by Crippen LogP contribution is 2.32. The number of benzene rings is 1. The maximum Gasteiger partial charge on any atom is 0.228 e. The van der Waals surface area contributed by atoms with Crippen LogP contribution >= 0.6 is 0 Å². The van der Waals surface area contributed by atoms with E-state index in [1.807, 2.05) is 12.1 Å². The Morgan fingerprint density at radius 1 is 1.19 bits per heavy atom. The number of pyridine rings is 1. The molecule has 0 bridgehead atoms. The van der Waals surface area contributed by atoms with Gasteiger partial charge in [-0.2, -0.15) is 0 Å². The summed E-state index contributed by atoms with van der Waals surface area (Å²) >= 11 is 0. The van der Waals surface area contributed by atoms with Gasteiger partial charge in [-0.25, -0.2) is 9.37 Å². The molecule has 0 atom stereocenters. The largest absolute Gasteiger partial charge is 0.356 e. The predicted octanol–water partition coefficient (Wildman–Crippen LogP) is 2.75. The van der Waals surface area contributed by atoms with Gasteiger partial charge in [0.15, 0.2) is 5.79 Å². The van der Waals surface area contributed by atoms with Crippen molar-refractivity contribution in [3.8, 4) is 0 Å².